The van der Waals surface area contributed by atoms with Crippen molar-refractivity contribution in [1.82, 2.24) is 5.32 Å². The highest BCUT2D eigenvalue weighted by Crippen LogP contribution is 2.33. The number of ether oxygens (including phenoxy) is 2. The highest BCUT2D eigenvalue weighted by Gasteiger charge is 2.19. The Morgan fingerprint density at radius 2 is 2.06 bits per heavy atom. The summed E-state index contributed by atoms with van der Waals surface area (Å²) in [6.07, 6.45) is 2.42. The van der Waals surface area contributed by atoms with Gasteiger partial charge in [0.2, 0.25) is 0 Å². The van der Waals surface area contributed by atoms with E-state index in [4.69, 9.17) is 9.47 Å². The van der Waals surface area contributed by atoms with Crippen molar-refractivity contribution in [1.29, 1.82) is 0 Å². The minimum absolute atomic E-state index is 0. The van der Waals surface area contributed by atoms with Gasteiger partial charge in [0.05, 0.1) is 14.2 Å². The molecule has 3 nitrogen and oxygen atoms in total. The second-order valence-electron chi connectivity index (χ2n) is 3.76. The predicted molar refractivity (Wildman–Crippen MR) is 66.8 cm³/mol. The summed E-state index contributed by atoms with van der Waals surface area (Å²) < 4.78 is 10.6. The van der Waals surface area contributed by atoms with E-state index in [1.54, 1.807) is 14.2 Å². The number of methoxy groups -OCH3 is 2. The molecule has 1 aromatic rings. The zero-order valence-corrected chi connectivity index (χ0v) is 10.5. The van der Waals surface area contributed by atoms with Crippen LogP contribution in [0, 0.1) is 0 Å². The Morgan fingerprint density at radius 1 is 1.25 bits per heavy atom. The zero-order chi connectivity index (χ0) is 10.7. The molecule has 1 fully saturated rings. The van der Waals surface area contributed by atoms with Crippen molar-refractivity contribution in [3.05, 3.63) is 23.8 Å². The topological polar surface area (TPSA) is 30.5 Å². The van der Waals surface area contributed by atoms with Crippen LogP contribution in [0.3, 0.4) is 0 Å². The van der Waals surface area contributed by atoms with Crippen molar-refractivity contribution in [2.75, 3.05) is 20.8 Å². The summed E-state index contributed by atoms with van der Waals surface area (Å²) in [4.78, 5) is 0. The maximum absolute atomic E-state index is 5.38. The number of halogens is 1. The summed E-state index contributed by atoms with van der Waals surface area (Å²) in [6, 6.07) is 6.44. The lowest BCUT2D eigenvalue weighted by molar-refractivity contribution is 0.387. The van der Waals surface area contributed by atoms with Gasteiger partial charge in [-0.05, 0) is 25.5 Å². The van der Waals surface area contributed by atoms with Gasteiger partial charge in [0.15, 0.2) is 0 Å². The Balaban J connectivity index is 0.00000128. The molecule has 1 heterocycles. The molecule has 0 spiro atoms. The molecule has 16 heavy (non-hydrogen) atoms. The lowest BCUT2D eigenvalue weighted by atomic mass is 10.0. The Hall–Kier alpha value is -0.930. The van der Waals surface area contributed by atoms with Crippen LogP contribution in [-0.2, 0) is 0 Å². The number of nitrogens with one attached hydrogen (secondary N) is 1. The summed E-state index contributed by atoms with van der Waals surface area (Å²) in [6.45, 7) is 1.10. The van der Waals surface area contributed by atoms with Gasteiger partial charge >= 0.3 is 0 Å². The lowest BCUT2D eigenvalue weighted by Gasteiger charge is -2.15. The van der Waals surface area contributed by atoms with E-state index in [2.05, 4.69) is 11.4 Å². The van der Waals surface area contributed by atoms with Gasteiger partial charge < -0.3 is 14.8 Å². The highest BCUT2D eigenvalue weighted by molar-refractivity contribution is 5.85. The summed E-state index contributed by atoms with van der Waals surface area (Å²) in [5, 5.41) is 3.46. The maximum Gasteiger partial charge on any atom is 0.127 e. The van der Waals surface area contributed by atoms with Gasteiger partial charge in [-0.3, -0.25) is 0 Å². The largest absolute Gasteiger partial charge is 0.497 e. The van der Waals surface area contributed by atoms with Crippen LogP contribution in [0.5, 0.6) is 11.5 Å². The Morgan fingerprint density at radius 3 is 2.62 bits per heavy atom. The molecule has 2 rings (SSSR count). The molecule has 0 aromatic heterocycles. The third kappa shape index (κ3) is 2.60. The average molecular weight is 244 g/mol. The molecule has 1 saturated heterocycles. The van der Waals surface area contributed by atoms with E-state index in [0.29, 0.717) is 6.04 Å². The van der Waals surface area contributed by atoms with Crippen molar-refractivity contribution in [2.24, 2.45) is 0 Å². The molecule has 0 saturated carbocycles. The minimum atomic E-state index is 0. The molecule has 90 valence electrons. The molecule has 1 aliphatic heterocycles. The molecular formula is C12H18ClNO2. The molecule has 0 amide bonds. The van der Waals surface area contributed by atoms with Crippen LogP contribution in [0.4, 0.5) is 0 Å². The first-order chi connectivity index (χ1) is 7.35. The fourth-order valence-corrected chi connectivity index (χ4v) is 2.06. The zero-order valence-electron chi connectivity index (χ0n) is 9.66. The van der Waals surface area contributed by atoms with Crippen LogP contribution < -0.4 is 14.8 Å². The van der Waals surface area contributed by atoms with Crippen molar-refractivity contribution in [3.63, 3.8) is 0 Å². The van der Waals surface area contributed by atoms with Crippen molar-refractivity contribution < 1.29 is 9.47 Å². The second-order valence-corrected chi connectivity index (χ2v) is 3.76. The summed E-state index contributed by atoms with van der Waals surface area (Å²) in [5.41, 5.74) is 1.23. The Kier molecular flexibility index (Phi) is 4.90. The van der Waals surface area contributed by atoms with Crippen LogP contribution >= 0.6 is 12.4 Å². The van der Waals surface area contributed by atoms with Crippen LogP contribution in [0.2, 0.25) is 0 Å². The van der Waals surface area contributed by atoms with Gasteiger partial charge in [-0.1, -0.05) is 6.07 Å². The van der Waals surface area contributed by atoms with Gasteiger partial charge in [-0.15, -0.1) is 12.4 Å². The van der Waals surface area contributed by atoms with Gasteiger partial charge in [-0.2, -0.15) is 0 Å². The van der Waals surface area contributed by atoms with Crippen LogP contribution in [0.1, 0.15) is 24.4 Å². The van der Waals surface area contributed by atoms with Gasteiger partial charge in [0, 0.05) is 17.7 Å². The number of hydrogen-bond donors (Lipinski definition) is 1. The first kappa shape index (κ1) is 13.1. The number of hydrogen-bond acceptors (Lipinski definition) is 3. The quantitative estimate of drug-likeness (QED) is 0.885. The number of benzene rings is 1. The Bertz CT molecular complexity index is 338. The van der Waals surface area contributed by atoms with Crippen molar-refractivity contribution >= 4 is 12.4 Å². The molecule has 0 bridgehead atoms. The predicted octanol–water partition coefficient (Wildman–Crippen LogP) is 2.55. The van der Waals surface area contributed by atoms with E-state index in [9.17, 15) is 0 Å². The molecule has 1 N–H and O–H groups in total. The monoisotopic (exact) mass is 243 g/mol. The van der Waals surface area contributed by atoms with E-state index >= 15 is 0 Å². The molecular weight excluding hydrogens is 226 g/mol. The third-order valence-corrected chi connectivity index (χ3v) is 2.88. The second kappa shape index (κ2) is 5.97. The number of rotatable bonds is 3. The highest BCUT2D eigenvalue weighted by atomic mass is 35.5. The standard InChI is InChI=1S/C12H17NO2.ClH/c1-14-9-5-6-10(12(8-9)15-2)11-4-3-7-13-11;/h5-6,8,11,13H,3-4,7H2,1-2H3;1H/t11-;/m0./s1. The van der Waals surface area contributed by atoms with Crippen LogP contribution in [-0.4, -0.2) is 20.8 Å². The Labute approximate surface area is 103 Å². The summed E-state index contributed by atoms with van der Waals surface area (Å²) in [5.74, 6) is 1.75. The molecule has 0 radical (unpaired) electrons. The fraction of sp³-hybridized carbons (Fsp3) is 0.500. The normalized spacial score (nSPS) is 19.0. The molecule has 0 unspecified atom stereocenters. The minimum Gasteiger partial charge on any atom is -0.497 e. The van der Waals surface area contributed by atoms with E-state index in [-0.39, 0.29) is 12.4 Å². The third-order valence-electron chi connectivity index (χ3n) is 2.88. The van der Waals surface area contributed by atoms with Gasteiger partial charge in [-0.25, -0.2) is 0 Å². The summed E-state index contributed by atoms with van der Waals surface area (Å²) in [7, 11) is 3.37. The molecule has 1 aliphatic rings. The van der Waals surface area contributed by atoms with Crippen LogP contribution in [0.15, 0.2) is 18.2 Å². The summed E-state index contributed by atoms with van der Waals surface area (Å²) >= 11 is 0. The van der Waals surface area contributed by atoms with Crippen LogP contribution in [0.25, 0.3) is 0 Å². The molecule has 0 aliphatic carbocycles. The van der Waals surface area contributed by atoms with Gasteiger partial charge in [0.25, 0.3) is 0 Å². The van der Waals surface area contributed by atoms with E-state index < -0.39 is 0 Å². The molecule has 1 atom stereocenters. The molecule has 1 aromatic carbocycles. The lowest BCUT2D eigenvalue weighted by Crippen LogP contribution is -2.13. The van der Waals surface area contributed by atoms with E-state index in [0.717, 1.165) is 18.0 Å². The fourth-order valence-electron chi connectivity index (χ4n) is 2.06. The van der Waals surface area contributed by atoms with Gasteiger partial charge in [0.1, 0.15) is 11.5 Å². The first-order valence-corrected chi connectivity index (χ1v) is 5.30. The first-order valence-electron chi connectivity index (χ1n) is 5.30. The SMILES string of the molecule is COc1ccc([C@@H]2CCCN2)c(OC)c1.Cl. The van der Waals surface area contributed by atoms with E-state index in [1.807, 2.05) is 12.1 Å². The molecule has 4 heteroatoms. The van der Waals surface area contributed by atoms with Crippen molar-refractivity contribution in [3.8, 4) is 11.5 Å². The smallest absolute Gasteiger partial charge is 0.127 e. The van der Waals surface area contributed by atoms with E-state index in [1.165, 1.54) is 18.4 Å². The average Bonchev–Trinajstić information content (AvgIpc) is 2.81. The van der Waals surface area contributed by atoms with Crippen molar-refractivity contribution in [2.45, 2.75) is 18.9 Å². The maximum atomic E-state index is 5.38.